The number of aliphatic imine (C=N–C) groups is 1. The third-order valence-corrected chi connectivity index (χ3v) is 4.05. The zero-order chi connectivity index (χ0) is 17.8. The maximum Gasteiger partial charge on any atom is 0.325 e. The Hall–Kier alpha value is -3.66. The number of amides is 2. The minimum atomic E-state index is -0.363. The minimum absolute atomic E-state index is 0.363. The van der Waals surface area contributed by atoms with Crippen molar-refractivity contribution in [3.8, 4) is 0 Å². The Morgan fingerprint density at radius 3 is 2.85 bits per heavy atom. The number of urea groups is 1. The quantitative estimate of drug-likeness (QED) is 0.480. The van der Waals surface area contributed by atoms with Gasteiger partial charge in [-0.15, -0.1) is 11.3 Å². The van der Waals surface area contributed by atoms with Crippen LogP contribution in [-0.4, -0.2) is 37.4 Å². The van der Waals surface area contributed by atoms with E-state index < -0.39 is 0 Å². The molecule has 0 radical (unpaired) electrons. The zero-order valence-electron chi connectivity index (χ0n) is 13.2. The molecule has 26 heavy (non-hydrogen) atoms. The number of hydrogen-bond donors (Lipinski definition) is 3. The molecule has 3 heterocycles. The number of thiazole rings is 1. The Balaban J connectivity index is 1.50. The summed E-state index contributed by atoms with van der Waals surface area (Å²) in [5, 5.41) is 15.7. The van der Waals surface area contributed by atoms with Gasteiger partial charge in [0.1, 0.15) is 0 Å². The van der Waals surface area contributed by atoms with Gasteiger partial charge in [0.25, 0.3) is 0 Å². The van der Waals surface area contributed by atoms with Crippen molar-refractivity contribution >= 4 is 51.3 Å². The highest BCUT2D eigenvalue weighted by molar-refractivity contribution is 7.13. The topological polar surface area (TPSA) is 121 Å². The lowest BCUT2D eigenvalue weighted by Gasteiger charge is -2.05. The first-order valence-corrected chi connectivity index (χ1v) is 8.42. The Morgan fingerprint density at radius 2 is 2.04 bits per heavy atom. The molecule has 128 valence electrons. The molecular formula is C16H12N8OS. The van der Waals surface area contributed by atoms with Gasteiger partial charge < -0.3 is 5.32 Å². The van der Waals surface area contributed by atoms with Crippen molar-refractivity contribution < 1.29 is 4.79 Å². The molecule has 0 unspecified atom stereocenters. The molecule has 0 saturated carbocycles. The van der Waals surface area contributed by atoms with E-state index in [0.717, 1.165) is 11.1 Å². The van der Waals surface area contributed by atoms with Gasteiger partial charge in [-0.2, -0.15) is 5.10 Å². The lowest BCUT2D eigenvalue weighted by atomic mass is 10.2. The van der Waals surface area contributed by atoms with Crippen molar-refractivity contribution in [2.45, 2.75) is 0 Å². The second kappa shape index (κ2) is 7.07. The van der Waals surface area contributed by atoms with Crippen molar-refractivity contribution in [3.63, 3.8) is 0 Å². The van der Waals surface area contributed by atoms with E-state index in [2.05, 4.69) is 40.8 Å². The van der Waals surface area contributed by atoms with Crippen molar-refractivity contribution in [2.75, 3.05) is 10.6 Å². The number of anilines is 2. The molecule has 1 aromatic carbocycles. The van der Waals surface area contributed by atoms with E-state index in [1.54, 1.807) is 48.4 Å². The van der Waals surface area contributed by atoms with Crippen LogP contribution in [0.25, 0.3) is 10.9 Å². The number of rotatable bonds is 4. The molecule has 3 aromatic heterocycles. The molecule has 0 atom stereocenters. The van der Waals surface area contributed by atoms with E-state index in [1.807, 2.05) is 6.07 Å². The highest BCUT2D eigenvalue weighted by atomic mass is 32.1. The van der Waals surface area contributed by atoms with Crippen molar-refractivity contribution in [2.24, 2.45) is 4.99 Å². The Bertz CT molecular complexity index is 1060. The van der Waals surface area contributed by atoms with Crippen molar-refractivity contribution in [3.05, 3.63) is 53.9 Å². The molecule has 4 aromatic rings. The smallest absolute Gasteiger partial charge is 0.308 e. The van der Waals surface area contributed by atoms with Crippen LogP contribution in [0.3, 0.4) is 0 Å². The average Bonchev–Trinajstić information content (AvgIpc) is 3.30. The predicted molar refractivity (Wildman–Crippen MR) is 100 cm³/mol. The molecule has 0 saturated heterocycles. The molecule has 10 heteroatoms. The highest BCUT2D eigenvalue weighted by Gasteiger charge is 2.08. The maximum absolute atomic E-state index is 12.0. The number of aromatic nitrogens is 5. The summed E-state index contributed by atoms with van der Waals surface area (Å²) < 4.78 is 0. The standard InChI is InChI=1S/C16H12N8OS/c25-15(22-16-19-6-7-26-16)21-10-2-3-11-12(8-10)23-24-13(11)9-20-14-17-4-1-5-18-14/h1-9H,(H,23,24)(H2,19,21,22,25). The van der Waals surface area contributed by atoms with Gasteiger partial charge in [0, 0.05) is 35.0 Å². The van der Waals surface area contributed by atoms with Gasteiger partial charge in [-0.05, 0) is 24.3 Å². The molecule has 2 amide bonds. The van der Waals surface area contributed by atoms with Crippen LogP contribution in [0.15, 0.2) is 53.2 Å². The third kappa shape index (κ3) is 3.54. The summed E-state index contributed by atoms with van der Waals surface area (Å²) in [4.78, 5) is 28.2. The van der Waals surface area contributed by atoms with Crippen LogP contribution in [0, 0.1) is 0 Å². The number of benzene rings is 1. The molecule has 9 nitrogen and oxygen atoms in total. The summed E-state index contributed by atoms with van der Waals surface area (Å²) in [5.74, 6) is 0.368. The van der Waals surface area contributed by atoms with Gasteiger partial charge >= 0.3 is 6.03 Å². The van der Waals surface area contributed by atoms with Gasteiger partial charge in [-0.3, -0.25) is 10.4 Å². The van der Waals surface area contributed by atoms with Crippen LogP contribution in [0.4, 0.5) is 21.6 Å². The van der Waals surface area contributed by atoms with Gasteiger partial charge in [0.15, 0.2) is 5.13 Å². The van der Waals surface area contributed by atoms with Crippen molar-refractivity contribution in [1.82, 2.24) is 25.1 Å². The zero-order valence-corrected chi connectivity index (χ0v) is 14.1. The molecule has 0 bridgehead atoms. The van der Waals surface area contributed by atoms with Gasteiger partial charge in [0.2, 0.25) is 5.95 Å². The van der Waals surface area contributed by atoms with E-state index in [1.165, 1.54) is 11.3 Å². The van der Waals surface area contributed by atoms with Crippen LogP contribution in [0.5, 0.6) is 0 Å². The molecule has 3 N–H and O–H groups in total. The van der Waals surface area contributed by atoms with Crippen LogP contribution in [0.2, 0.25) is 0 Å². The number of nitrogens with one attached hydrogen (secondary N) is 3. The van der Waals surface area contributed by atoms with Gasteiger partial charge in [0.05, 0.1) is 17.4 Å². The monoisotopic (exact) mass is 364 g/mol. The second-order valence-corrected chi connectivity index (χ2v) is 5.99. The van der Waals surface area contributed by atoms with Crippen LogP contribution >= 0.6 is 11.3 Å². The number of aromatic amines is 1. The number of H-pyrrole nitrogens is 1. The Labute approximate surface area is 151 Å². The third-order valence-electron chi connectivity index (χ3n) is 3.36. The van der Waals surface area contributed by atoms with E-state index in [-0.39, 0.29) is 6.03 Å². The minimum Gasteiger partial charge on any atom is -0.308 e. The largest absolute Gasteiger partial charge is 0.325 e. The first-order chi connectivity index (χ1) is 12.8. The number of nitrogens with zero attached hydrogens (tertiary/aromatic N) is 5. The molecule has 0 fully saturated rings. The lowest BCUT2D eigenvalue weighted by molar-refractivity contribution is 0.262. The Kier molecular flexibility index (Phi) is 4.31. The van der Waals surface area contributed by atoms with Crippen LogP contribution in [0.1, 0.15) is 5.69 Å². The molecule has 4 rings (SSSR count). The number of fused-ring (bicyclic) bond motifs is 1. The molecule has 0 aliphatic heterocycles. The summed E-state index contributed by atoms with van der Waals surface area (Å²) in [6.07, 6.45) is 6.49. The maximum atomic E-state index is 12.0. The van der Waals surface area contributed by atoms with Crippen LogP contribution < -0.4 is 10.6 Å². The first-order valence-electron chi connectivity index (χ1n) is 7.55. The fraction of sp³-hybridized carbons (Fsp3) is 0. The molecule has 0 aliphatic carbocycles. The van der Waals surface area contributed by atoms with Crippen LogP contribution in [-0.2, 0) is 0 Å². The highest BCUT2D eigenvalue weighted by Crippen LogP contribution is 2.20. The average molecular weight is 364 g/mol. The fourth-order valence-electron chi connectivity index (χ4n) is 2.23. The number of hydrogen-bond acceptors (Lipinski definition) is 7. The summed E-state index contributed by atoms with van der Waals surface area (Å²) >= 11 is 1.35. The predicted octanol–water partition coefficient (Wildman–Crippen LogP) is 3.20. The van der Waals surface area contributed by atoms with E-state index >= 15 is 0 Å². The fourth-order valence-corrected chi connectivity index (χ4v) is 2.76. The molecule has 0 spiro atoms. The van der Waals surface area contributed by atoms with E-state index in [0.29, 0.717) is 22.3 Å². The number of carbonyl (C=O) groups is 1. The summed E-state index contributed by atoms with van der Waals surface area (Å²) in [7, 11) is 0. The Morgan fingerprint density at radius 1 is 1.15 bits per heavy atom. The normalized spacial score (nSPS) is 11.1. The molecular weight excluding hydrogens is 352 g/mol. The lowest BCUT2D eigenvalue weighted by Crippen LogP contribution is -2.19. The number of carbonyl (C=O) groups excluding carboxylic acids is 1. The summed E-state index contributed by atoms with van der Waals surface area (Å²) in [6.45, 7) is 0. The van der Waals surface area contributed by atoms with Gasteiger partial charge in [-0.1, -0.05) is 0 Å². The SMILES string of the molecule is O=C(Nc1ccc2c(C=Nc3ncccn3)[nH]nc2c1)Nc1nccs1. The van der Waals surface area contributed by atoms with Gasteiger partial charge in [-0.25, -0.2) is 24.7 Å². The van der Waals surface area contributed by atoms with E-state index in [4.69, 9.17) is 0 Å². The van der Waals surface area contributed by atoms with Crippen molar-refractivity contribution in [1.29, 1.82) is 0 Å². The van der Waals surface area contributed by atoms with E-state index in [9.17, 15) is 4.79 Å². The summed E-state index contributed by atoms with van der Waals surface area (Å²) in [6, 6.07) is 6.77. The molecule has 0 aliphatic rings. The first kappa shape index (κ1) is 15.8. The second-order valence-electron chi connectivity index (χ2n) is 5.09. The summed E-state index contributed by atoms with van der Waals surface area (Å²) in [5.41, 5.74) is 2.05.